The van der Waals surface area contributed by atoms with Crippen LogP contribution in [0.1, 0.15) is 113 Å². The SMILES string of the molecule is CC1CC(=C2c3ccc(Cl)cc3CCc3cccnc32)CC(C)N1CCCCCCCCCCCCO. The number of benzene rings is 1. The second kappa shape index (κ2) is 14.5. The molecule has 4 heteroatoms. The minimum atomic E-state index is 0.349. The van der Waals surface area contributed by atoms with Crippen LogP contribution in [0.2, 0.25) is 5.02 Å². The number of unbranched alkanes of at least 4 members (excludes halogenated alkanes) is 9. The van der Waals surface area contributed by atoms with Gasteiger partial charge in [0.1, 0.15) is 0 Å². The number of aromatic nitrogens is 1. The van der Waals surface area contributed by atoms with Gasteiger partial charge in [0, 0.05) is 35.5 Å². The summed E-state index contributed by atoms with van der Waals surface area (Å²) in [5, 5.41) is 9.70. The van der Waals surface area contributed by atoms with Crippen LogP contribution in [0.3, 0.4) is 0 Å². The van der Waals surface area contributed by atoms with Crippen LogP contribution in [-0.2, 0) is 12.8 Å². The molecule has 1 N–H and O–H groups in total. The van der Waals surface area contributed by atoms with Gasteiger partial charge in [0.05, 0.1) is 5.69 Å². The highest BCUT2D eigenvalue weighted by atomic mass is 35.5. The molecular weight excluding hydrogens is 476 g/mol. The topological polar surface area (TPSA) is 36.4 Å². The summed E-state index contributed by atoms with van der Waals surface area (Å²) in [5.41, 5.74) is 8.22. The zero-order chi connectivity index (χ0) is 26.0. The highest BCUT2D eigenvalue weighted by molar-refractivity contribution is 6.30. The Hall–Kier alpha value is -1.68. The van der Waals surface area contributed by atoms with Gasteiger partial charge < -0.3 is 5.11 Å². The van der Waals surface area contributed by atoms with Crippen LogP contribution in [0.15, 0.2) is 42.1 Å². The molecular formula is C33H47ClN2O. The van der Waals surface area contributed by atoms with Crippen LogP contribution >= 0.6 is 11.6 Å². The van der Waals surface area contributed by atoms with Crippen molar-refractivity contribution in [2.24, 2.45) is 0 Å². The minimum Gasteiger partial charge on any atom is -0.396 e. The molecule has 1 aliphatic heterocycles. The molecule has 4 rings (SSSR count). The second-order valence-corrected chi connectivity index (χ2v) is 11.8. The van der Waals surface area contributed by atoms with Gasteiger partial charge in [-0.15, -0.1) is 0 Å². The molecule has 3 nitrogen and oxygen atoms in total. The fourth-order valence-electron chi connectivity index (χ4n) is 6.56. The molecule has 2 aromatic rings. The van der Waals surface area contributed by atoms with Crippen LogP contribution in [0, 0.1) is 0 Å². The molecule has 0 radical (unpaired) electrons. The standard InChI is InChI=1S/C33H47ClN2O/c1-25-22-29(23-26(2)36(25)20-11-9-7-5-3-4-6-8-10-12-21-37)32-31-18-17-30(34)24-28(31)16-15-27-14-13-19-35-33(27)32/h13-14,17-19,24-26,37H,3-12,15-16,20-23H2,1-2H3. The van der Waals surface area contributed by atoms with Gasteiger partial charge in [-0.3, -0.25) is 9.88 Å². The predicted octanol–water partition coefficient (Wildman–Crippen LogP) is 8.40. The average Bonchev–Trinajstić information content (AvgIpc) is 3.05. The Morgan fingerprint density at radius 1 is 0.838 bits per heavy atom. The number of hydrogen-bond acceptors (Lipinski definition) is 3. The third kappa shape index (κ3) is 7.68. The van der Waals surface area contributed by atoms with Crippen molar-refractivity contribution in [2.45, 2.75) is 116 Å². The predicted molar refractivity (Wildman–Crippen MR) is 157 cm³/mol. The molecule has 2 heterocycles. The Morgan fingerprint density at radius 2 is 1.46 bits per heavy atom. The van der Waals surface area contributed by atoms with Crippen LogP contribution in [0.25, 0.3) is 5.57 Å². The first-order chi connectivity index (χ1) is 18.1. The number of nitrogens with zero attached hydrogens (tertiary/aromatic N) is 2. The Morgan fingerprint density at radius 3 is 2.14 bits per heavy atom. The molecule has 1 aromatic carbocycles. The molecule has 202 valence electrons. The fourth-order valence-corrected chi connectivity index (χ4v) is 6.76. The lowest BCUT2D eigenvalue weighted by atomic mass is 9.84. The van der Waals surface area contributed by atoms with Crippen molar-refractivity contribution in [2.75, 3.05) is 13.2 Å². The van der Waals surface area contributed by atoms with Gasteiger partial charge in [-0.05, 0) is 93.8 Å². The molecule has 0 bridgehead atoms. The summed E-state index contributed by atoms with van der Waals surface area (Å²) in [7, 11) is 0. The summed E-state index contributed by atoms with van der Waals surface area (Å²) >= 11 is 6.41. The first-order valence-corrected chi connectivity index (χ1v) is 15.3. The maximum atomic E-state index is 8.87. The van der Waals surface area contributed by atoms with E-state index in [1.54, 1.807) is 5.57 Å². The van der Waals surface area contributed by atoms with Gasteiger partial charge in [0.2, 0.25) is 0 Å². The Bertz CT molecular complexity index is 1020. The normalized spacial score (nSPS) is 20.0. The van der Waals surface area contributed by atoms with Crippen LogP contribution < -0.4 is 0 Å². The van der Waals surface area contributed by atoms with E-state index in [4.69, 9.17) is 21.7 Å². The lowest BCUT2D eigenvalue weighted by molar-refractivity contribution is 0.125. The first-order valence-electron chi connectivity index (χ1n) is 14.9. The molecule has 0 saturated carbocycles. The number of likely N-dealkylation sites (tertiary alicyclic amines) is 1. The molecule has 0 spiro atoms. The summed E-state index contributed by atoms with van der Waals surface area (Å²) in [6.07, 6.45) is 19.1. The average molecular weight is 523 g/mol. The van der Waals surface area contributed by atoms with Gasteiger partial charge in [-0.2, -0.15) is 0 Å². The number of aliphatic hydroxyl groups is 1. The fraction of sp³-hybridized carbons (Fsp3) is 0.606. The molecule has 37 heavy (non-hydrogen) atoms. The molecule has 0 amide bonds. The number of piperidine rings is 1. The van der Waals surface area contributed by atoms with E-state index in [-0.39, 0.29) is 0 Å². The smallest absolute Gasteiger partial charge is 0.0739 e. The number of pyridine rings is 1. The molecule has 1 fully saturated rings. The van der Waals surface area contributed by atoms with Gasteiger partial charge in [-0.25, -0.2) is 0 Å². The third-order valence-electron chi connectivity index (χ3n) is 8.52. The van der Waals surface area contributed by atoms with Gasteiger partial charge in [-0.1, -0.05) is 80.7 Å². The van der Waals surface area contributed by atoms with Crippen molar-refractivity contribution in [3.63, 3.8) is 0 Å². The van der Waals surface area contributed by atoms with Gasteiger partial charge in [0.25, 0.3) is 0 Å². The van der Waals surface area contributed by atoms with Crippen molar-refractivity contribution in [1.29, 1.82) is 0 Å². The monoisotopic (exact) mass is 522 g/mol. The Balaban J connectivity index is 1.34. The molecule has 2 unspecified atom stereocenters. The molecule has 1 saturated heterocycles. The summed E-state index contributed by atoms with van der Waals surface area (Å²) in [4.78, 5) is 7.68. The number of aryl methyl sites for hydroxylation is 2. The number of halogens is 1. The highest BCUT2D eigenvalue weighted by Gasteiger charge is 2.31. The Labute approximate surface area is 230 Å². The van der Waals surface area contributed by atoms with E-state index in [0.717, 1.165) is 37.1 Å². The van der Waals surface area contributed by atoms with E-state index in [9.17, 15) is 0 Å². The zero-order valence-corrected chi connectivity index (χ0v) is 23.9. The highest BCUT2D eigenvalue weighted by Crippen LogP contribution is 2.40. The first kappa shape index (κ1) is 28.3. The van der Waals surface area contributed by atoms with Gasteiger partial charge >= 0.3 is 0 Å². The van der Waals surface area contributed by atoms with Gasteiger partial charge in [0.15, 0.2) is 0 Å². The molecule has 1 aliphatic carbocycles. The third-order valence-corrected chi connectivity index (χ3v) is 8.76. The number of hydrogen-bond donors (Lipinski definition) is 1. The summed E-state index contributed by atoms with van der Waals surface area (Å²) < 4.78 is 0. The van der Waals surface area contributed by atoms with Crippen molar-refractivity contribution in [3.05, 3.63) is 69.5 Å². The summed E-state index contributed by atoms with van der Waals surface area (Å²) in [6, 6.07) is 11.9. The van der Waals surface area contributed by atoms with Crippen molar-refractivity contribution in [3.8, 4) is 0 Å². The van der Waals surface area contributed by atoms with E-state index >= 15 is 0 Å². The van der Waals surface area contributed by atoms with E-state index in [0.29, 0.717) is 18.7 Å². The number of rotatable bonds is 12. The number of fused-ring (bicyclic) bond motifs is 2. The lowest BCUT2D eigenvalue weighted by Gasteiger charge is -2.41. The molecule has 1 aromatic heterocycles. The van der Waals surface area contributed by atoms with E-state index in [1.807, 2.05) is 12.3 Å². The number of aliphatic hydroxyl groups excluding tert-OH is 1. The van der Waals surface area contributed by atoms with Crippen LogP contribution in [0.5, 0.6) is 0 Å². The Kier molecular flexibility index (Phi) is 11.1. The molecule has 2 aliphatic rings. The second-order valence-electron chi connectivity index (χ2n) is 11.4. The maximum Gasteiger partial charge on any atom is 0.0739 e. The van der Waals surface area contributed by atoms with Crippen molar-refractivity contribution in [1.82, 2.24) is 9.88 Å². The summed E-state index contributed by atoms with van der Waals surface area (Å²) in [5.74, 6) is 0. The van der Waals surface area contributed by atoms with Crippen LogP contribution in [0.4, 0.5) is 0 Å². The largest absolute Gasteiger partial charge is 0.396 e. The summed E-state index contributed by atoms with van der Waals surface area (Å²) in [6.45, 7) is 6.41. The maximum absolute atomic E-state index is 8.87. The quantitative estimate of drug-likeness (QED) is 0.284. The van der Waals surface area contributed by atoms with E-state index in [2.05, 4.69) is 43.0 Å². The van der Waals surface area contributed by atoms with Crippen LogP contribution in [-0.4, -0.2) is 40.2 Å². The lowest BCUT2D eigenvalue weighted by Crippen LogP contribution is -2.45. The van der Waals surface area contributed by atoms with Crippen molar-refractivity contribution >= 4 is 17.2 Å². The van der Waals surface area contributed by atoms with Crippen molar-refractivity contribution < 1.29 is 5.11 Å². The minimum absolute atomic E-state index is 0.349. The van der Waals surface area contributed by atoms with E-state index in [1.165, 1.54) is 92.3 Å². The molecule has 2 atom stereocenters. The zero-order valence-electron chi connectivity index (χ0n) is 23.2. The van der Waals surface area contributed by atoms with E-state index < -0.39 is 0 Å².